The van der Waals surface area contributed by atoms with Crippen LogP contribution >= 0.6 is 27.7 Å². The van der Waals surface area contributed by atoms with Crippen molar-refractivity contribution in [1.82, 2.24) is 4.90 Å². The molecule has 21 heavy (non-hydrogen) atoms. The van der Waals surface area contributed by atoms with Crippen molar-refractivity contribution in [1.29, 1.82) is 0 Å². The van der Waals surface area contributed by atoms with Gasteiger partial charge in [-0.25, -0.2) is 0 Å². The summed E-state index contributed by atoms with van der Waals surface area (Å²) < 4.78 is 5.70. The van der Waals surface area contributed by atoms with Crippen LogP contribution in [-0.4, -0.2) is 41.4 Å². The highest BCUT2D eigenvalue weighted by Gasteiger charge is 2.34. The van der Waals surface area contributed by atoms with Crippen LogP contribution in [-0.2, 0) is 9.53 Å². The Labute approximate surface area is 135 Å². The van der Waals surface area contributed by atoms with E-state index >= 15 is 0 Å². The molecule has 0 atom stereocenters. The molecule has 1 aliphatic rings. The number of hydrogen-bond donors (Lipinski definition) is 1. The summed E-state index contributed by atoms with van der Waals surface area (Å²) in [6, 6.07) is 4.91. The third-order valence-corrected chi connectivity index (χ3v) is 4.28. The van der Waals surface area contributed by atoms with Crippen molar-refractivity contribution >= 4 is 44.9 Å². The summed E-state index contributed by atoms with van der Waals surface area (Å²) in [4.78, 5) is 25.5. The first-order chi connectivity index (χ1) is 10.0. The predicted molar refractivity (Wildman–Crippen MR) is 85.0 cm³/mol. The Morgan fingerprint density at radius 3 is 2.90 bits per heavy atom. The molecule has 1 saturated heterocycles. The minimum Gasteiger partial charge on any atom is -0.507 e. The first-order valence-electron chi connectivity index (χ1n) is 6.25. The largest absolute Gasteiger partial charge is 0.507 e. The van der Waals surface area contributed by atoms with Gasteiger partial charge in [-0.15, -0.1) is 0 Å². The highest BCUT2D eigenvalue weighted by molar-refractivity contribution is 9.10. The number of imide groups is 1. The van der Waals surface area contributed by atoms with Gasteiger partial charge in [0.15, 0.2) is 0 Å². The Kier molecular flexibility index (Phi) is 5.44. The van der Waals surface area contributed by atoms with E-state index in [0.29, 0.717) is 30.0 Å². The molecule has 112 valence electrons. The standard InChI is InChI=1S/C14H14BrNO4S/c1-20-6-2-5-16-13(18)12(21-14(16)19)8-9-7-10(15)3-4-11(9)17/h3-4,7-8,17H,2,5-6H2,1H3/b12-8+. The number of hydrogen-bond acceptors (Lipinski definition) is 5. The lowest BCUT2D eigenvalue weighted by Crippen LogP contribution is -2.29. The van der Waals surface area contributed by atoms with Crippen molar-refractivity contribution in [3.63, 3.8) is 0 Å². The van der Waals surface area contributed by atoms with Crippen LogP contribution in [0.4, 0.5) is 4.79 Å². The number of rotatable bonds is 5. The van der Waals surface area contributed by atoms with E-state index in [1.165, 1.54) is 17.0 Å². The maximum Gasteiger partial charge on any atom is 0.293 e. The fourth-order valence-corrected chi connectivity index (χ4v) is 3.08. The molecule has 7 heteroatoms. The van der Waals surface area contributed by atoms with Gasteiger partial charge in [0.2, 0.25) is 0 Å². The topological polar surface area (TPSA) is 66.8 Å². The molecule has 2 rings (SSSR count). The quantitative estimate of drug-likeness (QED) is 0.635. The van der Waals surface area contributed by atoms with Gasteiger partial charge in [0.1, 0.15) is 5.75 Å². The summed E-state index contributed by atoms with van der Waals surface area (Å²) >= 11 is 4.18. The lowest BCUT2D eigenvalue weighted by Gasteiger charge is -2.11. The number of phenols is 1. The zero-order chi connectivity index (χ0) is 15.4. The van der Waals surface area contributed by atoms with Crippen molar-refractivity contribution in [2.75, 3.05) is 20.3 Å². The predicted octanol–water partition coefficient (Wildman–Crippen LogP) is 3.23. The number of aromatic hydroxyl groups is 1. The molecule has 1 aliphatic heterocycles. The van der Waals surface area contributed by atoms with Crippen molar-refractivity contribution < 1.29 is 19.4 Å². The van der Waals surface area contributed by atoms with Gasteiger partial charge in [-0.05, 0) is 42.5 Å². The Hall–Kier alpha value is -1.31. The number of halogens is 1. The molecule has 1 heterocycles. The molecule has 0 aliphatic carbocycles. The zero-order valence-corrected chi connectivity index (χ0v) is 13.7. The van der Waals surface area contributed by atoms with Gasteiger partial charge < -0.3 is 9.84 Å². The van der Waals surface area contributed by atoms with Crippen LogP contribution in [0.5, 0.6) is 5.75 Å². The molecule has 1 N–H and O–H groups in total. The minimum atomic E-state index is -0.333. The molecule has 2 amide bonds. The molecule has 0 unspecified atom stereocenters. The number of benzene rings is 1. The summed E-state index contributed by atoms with van der Waals surface area (Å²) in [5.41, 5.74) is 0.492. The molecule has 0 radical (unpaired) electrons. The van der Waals surface area contributed by atoms with Gasteiger partial charge in [0, 0.05) is 30.3 Å². The summed E-state index contributed by atoms with van der Waals surface area (Å²) in [7, 11) is 1.57. The van der Waals surface area contributed by atoms with Crippen LogP contribution in [0, 0.1) is 0 Å². The SMILES string of the molecule is COCCCN1C(=O)S/C(=C/c2cc(Br)ccc2O)C1=O. The van der Waals surface area contributed by atoms with Gasteiger partial charge in [0.25, 0.3) is 11.1 Å². The fourth-order valence-electron chi connectivity index (χ4n) is 1.84. The number of phenolic OH excluding ortho intramolecular Hbond substituents is 1. The smallest absolute Gasteiger partial charge is 0.293 e. The average molecular weight is 372 g/mol. The molecule has 1 fully saturated rings. The molecule has 0 bridgehead atoms. The molecule has 5 nitrogen and oxygen atoms in total. The number of nitrogens with zero attached hydrogens (tertiary/aromatic N) is 1. The lowest BCUT2D eigenvalue weighted by molar-refractivity contribution is -0.122. The highest BCUT2D eigenvalue weighted by atomic mass is 79.9. The highest BCUT2D eigenvalue weighted by Crippen LogP contribution is 2.34. The fraction of sp³-hybridized carbons (Fsp3) is 0.286. The number of carbonyl (C=O) groups excluding carboxylic acids is 2. The molecule has 1 aromatic carbocycles. The van der Waals surface area contributed by atoms with Crippen LogP contribution < -0.4 is 0 Å². The Morgan fingerprint density at radius 2 is 2.19 bits per heavy atom. The van der Waals surface area contributed by atoms with Gasteiger partial charge in [-0.1, -0.05) is 15.9 Å². The van der Waals surface area contributed by atoms with E-state index < -0.39 is 0 Å². The Morgan fingerprint density at radius 1 is 1.43 bits per heavy atom. The number of methoxy groups -OCH3 is 1. The van der Waals surface area contributed by atoms with E-state index in [-0.39, 0.29) is 16.9 Å². The summed E-state index contributed by atoms with van der Waals surface area (Å²) in [5.74, 6) is -0.273. The van der Waals surface area contributed by atoms with E-state index in [0.717, 1.165) is 16.2 Å². The molecule has 0 saturated carbocycles. The summed E-state index contributed by atoms with van der Waals surface area (Å²) in [6.45, 7) is 0.827. The second-order valence-corrected chi connectivity index (χ2v) is 6.29. The summed E-state index contributed by atoms with van der Waals surface area (Å²) in [6.07, 6.45) is 2.13. The van der Waals surface area contributed by atoms with Crippen molar-refractivity contribution in [2.24, 2.45) is 0 Å². The molecular formula is C14H14BrNO4S. The van der Waals surface area contributed by atoms with E-state index in [1.807, 2.05) is 0 Å². The second kappa shape index (κ2) is 7.11. The first kappa shape index (κ1) is 16.1. The molecule has 1 aromatic rings. The van der Waals surface area contributed by atoms with Gasteiger partial charge in [-0.2, -0.15) is 0 Å². The van der Waals surface area contributed by atoms with Crippen molar-refractivity contribution in [3.05, 3.63) is 33.1 Å². The zero-order valence-electron chi connectivity index (χ0n) is 11.3. The number of amides is 2. The lowest BCUT2D eigenvalue weighted by atomic mass is 10.2. The minimum absolute atomic E-state index is 0.0596. The van der Waals surface area contributed by atoms with Crippen LogP contribution in [0.15, 0.2) is 27.6 Å². The summed E-state index contributed by atoms with van der Waals surface area (Å²) in [5, 5.41) is 9.49. The molecule has 0 aromatic heterocycles. The van der Waals surface area contributed by atoms with Crippen molar-refractivity contribution in [3.8, 4) is 5.75 Å². The van der Waals surface area contributed by atoms with E-state index in [9.17, 15) is 14.7 Å². The monoisotopic (exact) mass is 371 g/mol. The maximum atomic E-state index is 12.2. The average Bonchev–Trinajstić information content (AvgIpc) is 2.70. The van der Waals surface area contributed by atoms with E-state index in [4.69, 9.17) is 4.74 Å². The van der Waals surface area contributed by atoms with E-state index in [2.05, 4.69) is 15.9 Å². The van der Waals surface area contributed by atoms with Gasteiger partial charge >= 0.3 is 0 Å². The van der Waals surface area contributed by atoms with E-state index in [1.54, 1.807) is 19.2 Å². The van der Waals surface area contributed by atoms with Crippen LogP contribution in [0.1, 0.15) is 12.0 Å². The Bertz CT molecular complexity index is 603. The Balaban J connectivity index is 2.18. The third-order valence-electron chi connectivity index (χ3n) is 2.88. The van der Waals surface area contributed by atoms with Gasteiger partial charge in [0.05, 0.1) is 4.91 Å². The van der Waals surface area contributed by atoms with Crippen molar-refractivity contribution in [2.45, 2.75) is 6.42 Å². The van der Waals surface area contributed by atoms with Crippen LogP contribution in [0.2, 0.25) is 0 Å². The van der Waals surface area contributed by atoms with Crippen LogP contribution in [0.25, 0.3) is 6.08 Å². The van der Waals surface area contributed by atoms with Crippen LogP contribution in [0.3, 0.4) is 0 Å². The van der Waals surface area contributed by atoms with Gasteiger partial charge in [-0.3, -0.25) is 14.5 Å². The molecular weight excluding hydrogens is 358 g/mol. The maximum absolute atomic E-state index is 12.2. The first-order valence-corrected chi connectivity index (χ1v) is 7.86. The molecule has 0 spiro atoms. The normalized spacial score (nSPS) is 17.0. The second-order valence-electron chi connectivity index (χ2n) is 4.38. The number of carbonyl (C=O) groups is 2. The third kappa shape index (κ3) is 3.87. The number of thioether (sulfide) groups is 1. The number of ether oxygens (including phenoxy) is 1.